The van der Waals surface area contributed by atoms with E-state index >= 15 is 0 Å². The van der Waals surface area contributed by atoms with Crippen molar-refractivity contribution in [3.8, 4) is 62.1 Å². The van der Waals surface area contributed by atoms with E-state index < -0.39 is 8.07 Å². The Bertz CT molecular complexity index is 3710. The molecule has 2 heterocycles. The van der Waals surface area contributed by atoms with Crippen molar-refractivity contribution in [1.29, 1.82) is 0 Å². The topological polar surface area (TPSA) is 43.6 Å². The molecule has 0 N–H and O–H groups in total. The molecule has 10 aromatic carbocycles. The van der Waals surface area contributed by atoms with Gasteiger partial charge in [0, 0.05) is 27.5 Å². The van der Waals surface area contributed by atoms with Gasteiger partial charge < -0.3 is 4.57 Å². The molecule has 0 bridgehead atoms. The molecule has 0 saturated carbocycles. The van der Waals surface area contributed by atoms with Crippen LogP contribution in [0.3, 0.4) is 0 Å². The predicted octanol–water partition coefficient (Wildman–Crippen LogP) is 13.6. The molecule has 0 fully saturated rings. The molecule has 2 aromatic heterocycles. The lowest BCUT2D eigenvalue weighted by Crippen LogP contribution is -2.74. The average Bonchev–Trinajstić information content (AvgIpc) is 3.75. The molecule has 12 aromatic rings. The van der Waals surface area contributed by atoms with Crippen LogP contribution in [0.2, 0.25) is 0 Å². The Morgan fingerprint density at radius 2 is 0.775 bits per heavy atom. The van der Waals surface area contributed by atoms with Crippen LogP contribution in [0.25, 0.3) is 83.9 Å². The van der Waals surface area contributed by atoms with Crippen molar-refractivity contribution >= 4 is 50.6 Å². The van der Waals surface area contributed by atoms with Gasteiger partial charge in [-0.3, -0.25) is 0 Å². The first-order valence-corrected chi connectivity index (χ1v) is 26.3. The summed E-state index contributed by atoms with van der Waals surface area (Å²) in [6.45, 7) is 6.63. The molecule has 338 valence electrons. The lowest BCUT2D eigenvalue weighted by atomic mass is 9.93. The van der Waals surface area contributed by atoms with Gasteiger partial charge in [0.05, 0.1) is 16.7 Å². The Kier molecular flexibility index (Phi) is 11.2. The molecule has 0 aliphatic rings. The van der Waals surface area contributed by atoms with E-state index in [2.05, 4.69) is 238 Å². The molecular weight excluding hydrogens is 877 g/mol. The fourth-order valence-corrected chi connectivity index (χ4v) is 15.8. The van der Waals surface area contributed by atoms with Gasteiger partial charge in [-0.25, -0.2) is 15.0 Å². The van der Waals surface area contributed by atoms with Gasteiger partial charge in [-0.15, -0.1) is 0 Å². The predicted molar refractivity (Wildman–Crippen MR) is 299 cm³/mol. The van der Waals surface area contributed by atoms with E-state index in [1.165, 1.54) is 59.3 Å². The molecule has 0 aliphatic carbocycles. The number of aromatic nitrogens is 4. The number of benzene rings is 10. The summed E-state index contributed by atoms with van der Waals surface area (Å²) < 4.78 is 2.43. The highest BCUT2D eigenvalue weighted by Crippen LogP contribution is 2.40. The van der Waals surface area contributed by atoms with E-state index in [9.17, 15) is 0 Å². The second kappa shape index (κ2) is 18.3. The van der Waals surface area contributed by atoms with Crippen LogP contribution < -0.4 is 20.7 Å². The number of para-hydroxylation sites is 1. The van der Waals surface area contributed by atoms with E-state index in [1.54, 1.807) is 0 Å². The Morgan fingerprint density at radius 1 is 0.324 bits per heavy atom. The smallest absolute Gasteiger partial charge is 0.179 e. The summed E-state index contributed by atoms with van der Waals surface area (Å²) in [6, 6.07) is 90.3. The summed E-state index contributed by atoms with van der Waals surface area (Å²) in [6.07, 6.45) is 0. The van der Waals surface area contributed by atoms with Gasteiger partial charge in [0.15, 0.2) is 25.5 Å². The third kappa shape index (κ3) is 7.77. The minimum Gasteiger partial charge on any atom is -0.308 e. The van der Waals surface area contributed by atoms with E-state index in [0.717, 1.165) is 44.5 Å². The third-order valence-corrected chi connectivity index (χ3v) is 18.8. The molecule has 5 heteroatoms. The number of rotatable bonds is 10. The highest BCUT2D eigenvalue weighted by Gasteiger charge is 2.41. The molecule has 0 radical (unpaired) electrons. The second-order valence-corrected chi connectivity index (χ2v) is 22.4. The van der Waals surface area contributed by atoms with E-state index in [1.807, 2.05) is 36.4 Å². The van der Waals surface area contributed by atoms with Crippen LogP contribution in [0.15, 0.2) is 249 Å². The largest absolute Gasteiger partial charge is 0.308 e. The van der Waals surface area contributed by atoms with Crippen LogP contribution in [0.1, 0.15) is 16.7 Å². The lowest BCUT2D eigenvalue weighted by Gasteiger charge is -2.34. The quantitative estimate of drug-likeness (QED) is 0.101. The monoisotopic (exact) mass is 926 g/mol. The molecule has 0 atom stereocenters. The minimum atomic E-state index is -2.82. The van der Waals surface area contributed by atoms with Crippen molar-refractivity contribution in [1.82, 2.24) is 19.5 Å². The number of hydrogen-bond acceptors (Lipinski definition) is 3. The standard InChI is InChI=1S/C66H50N4Si/c1-45-40-46(2)63(47(3)41-45)52-37-39-61-59(43-52)57-34-19-20-35-60(57)70(61)62-44-51(36-38-58(62)66-68-64(48-22-9-4-10-23-48)67-65(69-66)49-24-11-5-12-25-49)50-26-21-33-56(42-50)71(53-27-13-6-14-28-53,54-29-15-7-16-30-54)55-31-17-8-18-32-55/h4-44H,1-3H3. The third-order valence-electron chi connectivity index (χ3n) is 14.1. The van der Waals surface area contributed by atoms with Crippen molar-refractivity contribution in [3.63, 3.8) is 0 Å². The van der Waals surface area contributed by atoms with Gasteiger partial charge in [-0.2, -0.15) is 0 Å². The van der Waals surface area contributed by atoms with Gasteiger partial charge >= 0.3 is 0 Å². The van der Waals surface area contributed by atoms with Gasteiger partial charge in [0.2, 0.25) is 0 Å². The van der Waals surface area contributed by atoms with E-state index in [0.29, 0.717) is 17.5 Å². The highest BCUT2D eigenvalue weighted by molar-refractivity contribution is 7.19. The second-order valence-electron chi connectivity index (χ2n) is 18.6. The zero-order chi connectivity index (χ0) is 47.9. The maximum Gasteiger partial charge on any atom is 0.179 e. The summed E-state index contributed by atoms with van der Waals surface area (Å²) >= 11 is 0. The SMILES string of the molecule is Cc1cc(C)c(-c2ccc3c(c2)c2ccccc2n3-c2cc(-c3cccc([Si](c4ccccc4)(c4ccccc4)c4ccccc4)c3)ccc2-c2nc(-c3ccccc3)nc(-c3ccccc3)n2)c(C)c1. The summed E-state index contributed by atoms with van der Waals surface area (Å²) in [7, 11) is -2.82. The summed E-state index contributed by atoms with van der Waals surface area (Å²) in [5.74, 6) is 1.85. The minimum absolute atomic E-state index is 0.602. The lowest BCUT2D eigenvalue weighted by molar-refractivity contribution is 1.06. The number of fused-ring (bicyclic) bond motifs is 3. The van der Waals surface area contributed by atoms with Gasteiger partial charge in [0.25, 0.3) is 0 Å². The van der Waals surface area contributed by atoms with Gasteiger partial charge in [0.1, 0.15) is 0 Å². The van der Waals surface area contributed by atoms with Crippen LogP contribution in [0.4, 0.5) is 0 Å². The Morgan fingerprint density at radius 3 is 1.35 bits per heavy atom. The first kappa shape index (κ1) is 43.5. The van der Waals surface area contributed by atoms with Crippen LogP contribution in [-0.2, 0) is 0 Å². The van der Waals surface area contributed by atoms with Gasteiger partial charge in [-0.1, -0.05) is 224 Å². The van der Waals surface area contributed by atoms with Crippen molar-refractivity contribution in [2.24, 2.45) is 0 Å². The number of nitrogens with zero attached hydrogens (tertiary/aromatic N) is 4. The first-order chi connectivity index (χ1) is 34.9. The van der Waals surface area contributed by atoms with E-state index in [-0.39, 0.29) is 0 Å². The Labute approximate surface area is 416 Å². The average molecular weight is 927 g/mol. The van der Waals surface area contributed by atoms with Crippen molar-refractivity contribution in [2.75, 3.05) is 0 Å². The van der Waals surface area contributed by atoms with Crippen molar-refractivity contribution in [3.05, 3.63) is 265 Å². The van der Waals surface area contributed by atoms with E-state index in [4.69, 9.17) is 15.0 Å². The first-order valence-electron chi connectivity index (χ1n) is 24.3. The Balaban J connectivity index is 1.13. The molecule has 0 spiro atoms. The number of hydrogen-bond donors (Lipinski definition) is 0. The van der Waals surface area contributed by atoms with Crippen LogP contribution >= 0.6 is 0 Å². The molecule has 0 unspecified atom stereocenters. The summed E-state index contributed by atoms with van der Waals surface area (Å²) in [5, 5.41) is 7.69. The summed E-state index contributed by atoms with van der Waals surface area (Å²) in [4.78, 5) is 15.8. The zero-order valence-corrected chi connectivity index (χ0v) is 41.0. The Hall–Kier alpha value is -8.77. The zero-order valence-electron chi connectivity index (χ0n) is 40.0. The van der Waals surface area contributed by atoms with Crippen molar-refractivity contribution in [2.45, 2.75) is 20.8 Å². The van der Waals surface area contributed by atoms with Crippen LogP contribution in [0, 0.1) is 20.8 Å². The maximum absolute atomic E-state index is 5.33. The van der Waals surface area contributed by atoms with Gasteiger partial charge in [-0.05, 0) is 105 Å². The maximum atomic E-state index is 5.33. The molecule has 0 aliphatic heterocycles. The molecular formula is C66H50N4Si. The molecule has 71 heavy (non-hydrogen) atoms. The fourth-order valence-electron chi connectivity index (χ4n) is 11.0. The van der Waals surface area contributed by atoms with Crippen molar-refractivity contribution < 1.29 is 0 Å². The number of aryl methyl sites for hydroxylation is 3. The normalized spacial score (nSPS) is 11.6. The molecule has 0 saturated heterocycles. The van der Waals surface area contributed by atoms with Crippen LogP contribution in [-0.4, -0.2) is 27.6 Å². The molecule has 12 rings (SSSR count). The highest BCUT2D eigenvalue weighted by atomic mass is 28.3. The molecule has 0 amide bonds. The fraction of sp³-hybridized carbons (Fsp3) is 0.0455. The summed E-state index contributed by atoms with van der Waals surface area (Å²) in [5.41, 5.74) is 14.5. The van der Waals surface area contributed by atoms with Crippen LogP contribution in [0.5, 0.6) is 0 Å². The molecule has 4 nitrogen and oxygen atoms in total.